The van der Waals surface area contributed by atoms with Crippen LogP contribution in [0, 0.1) is 0 Å². The molecule has 9 nitrogen and oxygen atoms in total. The van der Waals surface area contributed by atoms with Crippen molar-refractivity contribution in [3.8, 4) is 0 Å². The molecule has 25 heavy (non-hydrogen) atoms. The molecule has 0 aliphatic heterocycles. The molecule has 0 amide bonds. The number of carbonyl (C=O) groups excluding carboxylic acids is 1. The maximum Gasteiger partial charge on any atom is 0.481 e. The Balaban J connectivity index is 3.41. The topological polar surface area (TPSA) is 140 Å². The Bertz CT molecular complexity index is 487. The van der Waals surface area contributed by atoms with Gasteiger partial charge in [0, 0.05) is 6.08 Å². The van der Waals surface area contributed by atoms with Crippen molar-refractivity contribution in [2.75, 3.05) is 13.2 Å². The van der Waals surface area contributed by atoms with Gasteiger partial charge in [0.05, 0.1) is 13.2 Å². The minimum absolute atomic E-state index is 0.106. The van der Waals surface area contributed by atoms with E-state index in [1.807, 2.05) is 0 Å². The Kier molecular flexibility index (Phi) is 13.4. The second-order valence-corrected chi connectivity index (χ2v) is 8.20. The van der Waals surface area contributed by atoms with Crippen LogP contribution in [0.3, 0.4) is 0 Å². The Morgan fingerprint density at radius 1 is 0.880 bits per heavy atom. The molecule has 0 bridgehead atoms. The summed E-state index contributed by atoms with van der Waals surface area (Å²) in [6, 6.07) is 0. The number of rotatable bonds is 15. The molecular weight excluding hydrogens is 374 g/mol. The molecule has 0 fully saturated rings. The van der Waals surface area contributed by atoms with E-state index in [1.165, 1.54) is 6.08 Å². The lowest BCUT2D eigenvalue weighted by atomic mass is 10.1. The number of phosphoric acid groups is 2. The van der Waals surface area contributed by atoms with E-state index in [4.69, 9.17) is 19.4 Å². The van der Waals surface area contributed by atoms with Gasteiger partial charge in [-0.3, -0.25) is 4.52 Å². The molecule has 0 saturated heterocycles. The number of esters is 1. The number of hydrogen-bond acceptors (Lipinski definition) is 6. The summed E-state index contributed by atoms with van der Waals surface area (Å²) < 4.78 is 34.7. The molecule has 0 saturated carbocycles. The van der Waals surface area contributed by atoms with Crippen molar-refractivity contribution in [1.29, 1.82) is 0 Å². The number of carbonyl (C=O) groups is 1. The van der Waals surface area contributed by atoms with Crippen LogP contribution in [0.2, 0.25) is 0 Å². The third-order valence-corrected chi connectivity index (χ3v) is 5.23. The summed E-state index contributed by atoms with van der Waals surface area (Å²) >= 11 is 0. The van der Waals surface area contributed by atoms with Gasteiger partial charge in [-0.15, -0.1) is 0 Å². The fourth-order valence-electron chi connectivity index (χ4n) is 1.96. The zero-order valence-corrected chi connectivity index (χ0v) is 16.2. The zero-order chi connectivity index (χ0) is 19.2. The number of phosphoric ester groups is 1. The lowest BCUT2D eigenvalue weighted by molar-refractivity contribution is -0.137. The SMILES string of the molecule is CC=CC(=O)OCCCCCCCCCCOP(=O)(O)OP(=O)(O)O. The first kappa shape index (κ1) is 24.5. The molecular formula is C14H28O9P2. The molecule has 0 aliphatic carbocycles. The predicted octanol–water partition coefficient (Wildman–Crippen LogP) is 3.45. The number of allylic oxidation sites excluding steroid dienone is 1. The quantitative estimate of drug-likeness (QED) is 0.163. The highest BCUT2D eigenvalue weighted by atomic mass is 31.3. The van der Waals surface area contributed by atoms with Gasteiger partial charge < -0.3 is 19.4 Å². The molecule has 0 aliphatic rings. The fraction of sp³-hybridized carbons (Fsp3) is 0.786. The van der Waals surface area contributed by atoms with Gasteiger partial charge in [0.25, 0.3) is 0 Å². The van der Waals surface area contributed by atoms with E-state index in [1.54, 1.807) is 13.0 Å². The molecule has 1 unspecified atom stereocenters. The predicted molar refractivity (Wildman–Crippen MR) is 91.6 cm³/mol. The number of unbranched alkanes of at least 4 members (excludes halogenated alkanes) is 7. The van der Waals surface area contributed by atoms with Crippen molar-refractivity contribution in [3.05, 3.63) is 12.2 Å². The van der Waals surface area contributed by atoms with E-state index in [2.05, 4.69) is 8.83 Å². The Hall–Kier alpha value is -0.530. The van der Waals surface area contributed by atoms with Gasteiger partial charge >= 0.3 is 21.6 Å². The highest BCUT2D eigenvalue weighted by molar-refractivity contribution is 7.60. The van der Waals surface area contributed by atoms with E-state index < -0.39 is 15.6 Å². The highest BCUT2D eigenvalue weighted by Crippen LogP contribution is 2.57. The van der Waals surface area contributed by atoms with Crippen molar-refractivity contribution >= 4 is 21.6 Å². The minimum atomic E-state index is -5.05. The van der Waals surface area contributed by atoms with Gasteiger partial charge in [-0.25, -0.2) is 13.9 Å². The summed E-state index contributed by atoms with van der Waals surface area (Å²) in [7, 11) is -9.75. The third-order valence-electron chi connectivity index (χ3n) is 3.05. The number of hydrogen-bond donors (Lipinski definition) is 3. The molecule has 1 atom stereocenters. The van der Waals surface area contributed by atoms with Crippen LogP contribution >= 0.6 is 15.6 Å². The van der Waals surface area contributed by atoms with Gasteiger partial charge in [0.15, 0.2) is 0 Å². The average Bonchev–Trinajstić information content (AvgIpc) is 2.46. The second-order valence-electron chi connectivity index (χ2n) is 5.37. The van der Waals surface area contributed by atoms with Gasteiger partial charge in [0.1, 0.15) is 0 Å². The maximum atomic E-state index is 11.2. The Morgan fingerprint density at radius 2 is 1.36 bits per heavy atom. The normalized spacial score (nSPS) is 14.6. The van der Waals surface area contributed by atoms with E-state index in [9.17, 15) is 13.9 Å². The van der Waals surface area contributed by atoms with Crippen LogP contribution in [-0.4, -0.2) is 33.9 Å². The summed E-state index contributed by atoms with van der Waals surface area (Å²) in [5.74, 6) is -0.316. The van der Waals surface area contributed by atoms with Crippen LogP contribution in [0.5, 0.6) is 0 Å². The summed E-state index contributed by atoms with van der Waals surface area (Å²) in [5, 5.41) is 0. The van der Waals surface area contributed by atoms with Crippen LogP contribution in [0.4, 0.5) is 0 Å². The zero-order valence-electron chi connectivity index (χ0n) is 14.4. The van der Waals surface area contributed by atoms with E-state index >= 15 is 0 Å². The smallest absolute Gasteiger partial charge is 0.463 e. The van der Waals surface area contributed by atoms with Gasteiger partial charge in [0.2, 0.25) is 0 Å². The van der Waals surface area contributed by atoms with Crippen LogP contribution in [0.15, 0.2) is 12.2 Å². The molecule has 148 valence electrons. The van der Waals surface area contributed by atoms with Crippen molar-refractivity contribution in [2.45, 2.75) is 58.3 Å². The summed E-state index contributed by atoms with van der Waals surface area (Å²) in [6.07, 6.45) is 10.1. The lowest BCUT2D eigenvalue weighted by Gasteiger charge is -2.12. The summed E-state index contributed by atoms with van der Waals surface area (Å²) in [6.45, 7) is 2.08. The average molecular weight is 402 g/mol. The third kappa shape index (κ3) is 18.1. The molecule has 0 aromatic rings. The second kappa shape index (κ2) is 13.6. The molecule has 0 heterocycles. The van der Waals surface area contributed by atoms with Crippen molar-refractivity contribution in [2.24, 2.45) is 0 Å². The molecule has 0 rings (SSSR count). The first-order valence-electron chi connectivity index (χ1n) is 8.20. The summed E-state index contributed by atoms with van der Waals surface area (Å²) in [4.78, 5) is 36.9. The maximum absolute atomic E-state index is 11.2. The molecule has 0 aromatic heterocycles. The van der Waals surface area contributed by atoms with Crippen LogP contribution in [0.1, 0.15) is 58.3 Å². The largest absolute Gasteiger partial charge is 0.481 e. The van der Waals surface area contributed by atoms with Crippen molar-refractivity contribution in [1.82, 2.24) is 0 Å². The van der Waals surface area contributed by atoms with Crippen LogP contribution < -0.4 is 0 Å². The fourth-order valence-corrected chi connectivity index (χ4v) is 3.58. The first-order valence-corrected chi connectivity index (χ1v) is 11.2. The van der Waals surface area contributed by atoms with Crippen molar-refractivity contribution < 1.29 is 42.2 Å². The summed E-state index contributed by atoms with van der Waals surface area (Å²) in [5.41, 5.74) is 0. The Labute approximate surface area is 148 Å². The standard InChI is InChI=1S/C14H28O9P2/c1-2-11-14(15)21-12-9-7-5-3-4-6-8-10-13-22-25(19,20)23-24(16,17)18/h2,11H,3-10,12-13H2,1H3,(H,19,20)(H2,16,17,18). The van der Waals surface area contributed by atoms with E-state index in [0.29, 0.717) is 13.0 Å². The number of ether oxygens (including phenoxy) is 1. The van der Waals surface area contributed by atoms with Gasteiger partial charge in [-0.2, -0.15) is 4.31 Å². The van der Waals surface area contributed by atoms with Gasteiger partial charge in [-0.05, 0) is 19.8 Å². The highest BCUT2D eigenvalue weighted by Gasteiger charge is 2.31. The van der Waals surface area contributed by atoms with E-state index in [0.717, 1.165) is 44.9 Å². The van der Waals surface area contributed by atoms with E-state index in [-0.39, 0.29) is 12.6 Å². The molecule has 0 spiro atoms. The minimum Gasteiger partial charge on any atom is -0.463 e. The lowest BCUT2D eigenvalue weighted by Crippen LogP contribution is -2.01. The first-order chi connectivity index (χ1) is 11.7. The molecule has 11 heteroatoms. The molecule has 0 radical (unpaired) electrons. The van der Waals surface area contributed by atoms with Crippen molar-refractivity contribution in [3.63, 3.8) is 0 Å². The van der Waals surface area contributed by atoms with Crippen LogP contribution in [0.25, 0.3) is 0 Å². The van der Waals surface area contributed by atoms with Crippen LogP contribution in [-0.2, 0) is 27.5 Å². The van der Waals surface area contributed by atoms with Gasteiger partial charge in [-0.1, -0.05) is 44.6 Å². The molecule has 0 aromatic carbocycles. The monoisotopic (exact) mass is 402 g/mol. The molecule has 3 N–H and O–H groups in total. The Morgan fingerprint density at radius 3 is 1.84 bits per heavy atom.